The number of methoxy groups -OCH3 is 1. The lowest BCUT2D eigenvalue weighted by atomic mass is 9.83. The van der Waals surface area contributed by atoms with Gasteiger partial charge in [0.15, 0.2) is 0 Å². The minimum absolute atomic E-state index is 0.246. The van der Waals surface area contributed by atoms with E-state index in [1.807, 2.05) is 91.0 Å². The largest absolute Gasteiger partial charge is 0.469 e. The molecule has 0 amide bonds. The molecule has 0 radical (unpaired) electrons. The van der Waals surface area contributed by atoms with Crippen LogP contribution in [-0.4, -0.2) is 36.1 Å². The Morgan fingerprint density at radius 1 is 0.933 bits per heavy atom. The van der Waals surface area contributed by atoms with Crippen LogP contribution >= 0.6 is 11.6 Å². The van der Waals surface area contributed by atoms with Gasteiger partial charge in [-0.25, -0.2) is 4.99 Å². The third kappa shape index (κ3) is 3.86. The van der Waals surface area contributed by atoms with Gasteiger partial charge in [0.05, 0.1) is 6.61 Å². The van der Waals surface area contributed by atoms with E-state index in [9.17, 15) is 5.11 Å². The fourth-order valence-corrected chi connectivity index (χ4v) is 4.21. The maximum absolute atomic E-state index is 11.9. The summed E-state index contributed by atoms with van der Waals surface area (Å²) in [5, 5.41) is 11.0. The highest BCUT2D eigenvalue weighted by Crippen LogP contribution is 2.40. The molecule has 0 fully saturated rings. The smallest absolute Gasteiger partial charge is 0.206 e. The molecule has 4 nitrogen and oxygen atoms in total. The van der Waals surface area contributed by atoms with Gasteiger partial charge in [-0.3, -0.25) is 0 Å². The van der Waals surface area contributed by atoms with Crippen LogP contribution in [0, 0.1) is 0 Å². The highest BCUT2D eigenvalue weighted by molar-refractivity contribution is 6.32. The average molecular weight is 422 g/mol. The summed E-state index contributed by atoms with van der Waals surface area (Å²) in [6.07, 6.45) is -0.321. The van der Waals surface area contributed by atoms with Crippen LogP contribution in [0.1, 0.15) is 22.8 Å². The fraction of sp³-hybridized carbons (Fsp3) is 0.240. The topological polar surface area (TPSA) is 51.0 Å². The van der Waals surface area contributed by atoms with Crippen molar-refractivity contribution in [3.63, 3.8) is 0 Å². The van der Waals surface area contributed by atoms with E-state index in [2.05, 4.69) is 0 Å². The van der Waals surface area contributed by atoms with Gasteiger partial charge in [0.2, 0.25) is 5.90 Å². The van der Waals surface area contributed by atoms with E-state index in [0.29, 0.717) is 23.6 Å². The Morgan fingerprint density at radius 2 is 1.43 bits per heavy atom. The predicted octanol–water partition coefficient (Wildman–Crippen LogP) is 4.71. The van der Waals surface area contributed by atoms with Crippen molar-refractivity contribution in [3.8, 4) is 0 Å². The van der Waals surface area contributed by atoms with E-state index in [1.165, 1.54) is 0 Å². The minimum atomic E-state index is -1.51. The number of benzene rings is 3. The molecule has 1 heterocycles. The summed E-state index contributed by atoms with van der Waals surface area (Å²) in [6, 6.07) is 28.4. The molecule has 5 heteroatoms. The molecule has 4 rings (SSSR count). The van der Waals surface area contributed by atoms with Gasteiger partial charge < -0.3 is 14.6 Å². The maximum atomic E-state index is 11.9. The lowest BCUT2D eigenvalue weighted by Gasteiger charge is -2.33. The van der Waals surface area contributed by atoms with Gasteiger partial charge in [-0.1, -0.05) is 91.0 Å². The summed E-state index contributed by atoms with van der Waals surface area (Å²) in [5.74, 6) is 0.308. The first kappa shape index (κ1) is 20.6. The van der Waals surface area contributed by atoms with Crippen molar-refractivity contribution in [2.45, 2.75) is 23.1 Å². The highest BCUT2D eigenvalue weighted by Gasteiger charge is 2.46. The molecule has 0 aromatic heterocycles. The number of alkyl halides is 1. The number of aliphatic hydroxyl groups is 1. The number of ether oxygens (including phenoxy) is 2. The van der Waals surface area contributed by atoms with Crippen LogP contribution in [0.5, 0.6) is 0 Å². The summed E-state index contributed by atoms with van der Waals surface area (Å²) in [5.41, 5.74) is 0.833. The van der Waals surface area contributed by atoms with E-state index in [1.54, 1.807) is 7.11 Å². The van der Waals surface area contributed by atoms with Gasteiger partial charge in [-0.15, -0.1) is 11.6 Å². The van der Waals surface area contributed by atoms with Gasteiger partial charge in [-0.2, -0.15) is 0 Å². The highest BCUT2D eigenvalue weighted by atomic mass is 35.5. The van der Waals surface area contributed by atoms with Gasteiger partial charge in [0.25, 0.3) is 0 Å². The molecule has 0 saturated heterocycles. The Balaban J connectivity index is 1.73. The normalized spacial score (nSPS) is 19.8. The van der Waals surface area contributed by atoms with Crippen molar-refractivity contribution in [1.29, 1.82) is 0 Å². The van der Waals surface area contributed by atoms with E-state index < -0.39 is 11.0 Å². The molecule has 1 unspecified atom stereocenters. The van der Waals surface area contributed by atoms with Crippen LogP contribution in [0.3, 0.4) is 0 Å². The lowest BCUT2D eigenvalue weighted by molar-refractivity contribution is 0.0786. The lowest BCUT2D eigenvalue weighted by Crippen LogP contribution is -2.42. The third-order valence-corrected chi connectivity index (χ3v) is 5.87. The fourth-order valence-electron chi connectivity index (χ4n) is 3.85. The number of rotatable bonds is 7. The van der Waals surface area contributed by atoms with Crippen molar-refractivity contribution in [2.75, 3.05) is 13.7 Å². The Hall–Kier alpha value is -2.66. The number of aliphatic imine (C=N–C) groups is 1. The zero-order chi connectivity index (χ0) is 21.0. The second-order valence-electron chi connectivity index (χ2n) is 7.30. The predicted molar refractivity (Wildman–Crippen MR) is 119 cm³/mol. The van der Waals surface area contributed by atoms with Crippen LogP contribution in [0.4, 0.5) is 0 Å². The van der Waals surface area contributed by atoms with E-state index >= 15 is 0 Å². The summed E-state index contributed by atoms with van der Waals surface area (Å²) < 4.78 is 11.6. The van der Waals surface area contributed by atoms with Crippen molar-refractivity contribution in [1.82, 2.24) is 0 Å². The van der Waals surface area contributed by atoms with E-state index in [4.69, 9.17) is 26.1 Å². The van der Waals surface area contributed by atoms with Crippen molar-refractivity contribution >= 4 is 17.5 Å². The molecule has 1 N–H and O–H groups in total. The average Bonchev–Trinajstić information content (AvgIpc) is 3.24. The summed E-state index contributed by atoms with van der Waals surface area (Å²) >= 11 is 6.94. The molecule has 3 atom stereocenters. The minimum Gasteiger partial charge on any atom is -0.469 e. The van der Waals surface area contributed by atoms with Crippen molar-refractivity contribution in [2.24, 2.45) is 4.99 Å². The quantitative estimate of drug-likeness (QED) is 0.562. The Kier molecular flexibility index (Phi) is 6.18. The van der Waals surface area contributed by atoms with Crippen molar-refractivity contribution in [3.05, 3.63) is 108 Å². The zero-order valence-electron chi connectivity index (χ0n) is 16.7. The number of hydrogen-bond donors (Lipinski definition) is 1. The first-order valence-electron chi connectivity index (χ1n) is 9.90. The first-order valence-corrected chi connectivity index (χ1v) is 10.3. The van der Waals surface area contributed by atoms with Crippen LogP contribution in [0.25, 0.3) is 0 Å². The molecule has 1 aliphatic heterocycles. The van der Waals surface area contributed by atoms with Gasteiger partial charge >= 0.3 is 0 Å². The number of nitrogens with zero attached hydrogens (tertiary/aromatic N) is 1. The number of hydrogen-bond acceptors (Lipinski definition) is 4. The second-order valence-corrected chi connectivity index (χ2v) is 7.74. The summed E-state index contributed by atoms with van der Waals surface area (Å²) in [6.45, 7) is 0.391. The SMILES string of the molecule is COC[C@@H]1N=C(C(Cl)C(O)(c2ccccc2)c2ccccc2)O[C@H]1c1ccccc1. The first-order chi connectivity index (χ1) is 14.6. The Morgan fingerprint density at radius 3 is 1.93 bits per heavy atom. The number of halogens is 1. The van der Waals surface area contributed by atoms with Gasteiger partial charge in [0, 0.05) is 7.11 Å². The molecular weight excluding hydrogens is 398 g/mol. The molecule has 0 saturated carbocycles. The molecule has 0 spiro atoms. The molecule has 0 bridgehead atoms. The Labute approximate surface area is 181 Å². The van der Waals surface area contributed by atoms with Crippen molar-refractivity contribution < 1.29 is 14.6 Å². The standard InChI is InChI=1S/C25H24ClNO3/c1-29-17-21-22(18-11-5-2-6-12-18)30-24(27-21)23(26)25(28,19-13-7-3-8-14-19)20-15-9-4-10-16-20/h2-16,21-23,28H,17H2,1H3/t21-,22-,23?/m0/s1. The molecular formula is C25H24ClNO3. The maximum Gasteiger partial charge on any atom is 0.206 e. The molecule has 154 valence electrons. The molecule has 3 aromatic carbocycles. The molecule has 1 aliphatic rings. The van der Waals surface area contributed by atoms with Gasteiger partial charge in [0.1, 0.15) is 23.1 Å². The second kappa shape index (κ2) is 9.00. The van der Waals surface area contributed by atoms with E-state index in [-0.39, 0.29) is 12.1 Å². The molecule has 30 heavy (non-hydrogen) atoms. The molecule has 0 aliphatic carbocycles. The summed E-state index contributed by atoms with van der Waals surface area (Å²) in [4.78, 5) is 4.73. The Bertz CT molecular complexity index is 940. The van der Waals surface area contributed by atoms with Crippen LogP contribution in [0.15, 0.2) is 96.0 Å². The van der Waals surface area contributed by atoms with Crippen LogP contribution < -0.4 is 0 Å². The zero-order valence-corrected chi connectivity index (χ0v) is 17.4. The van der Waals surface area contributed by atoms with Crippen LogP contribution in [0.2, 0.25) is 0 Å². The molecule has 3 aromatic rings. The monoisotopic (exact) mass is 421 g/mol. The van der Waals surface area contributed by atoms with Gasteiger partial charge in [-0.05, 0) is 16.7 Å². The van der Waals surface area contributed by atoms with E-state index in [0.717, 1.165) is 5.56 Å². The third-order valence-electron chi connectivity index (χ3n) is 5.37. The van der Waals surface area contributed by atoms with Crippen LogP contribution in [-0.2, 0) is 15.1 Å². The summed E-state index contributed by atoms with van der Waals surface area (Å²) in [7, 11) is 1.64.